The summed E-state index contributed by atoms with van der Waals surface area (Å²) >= 11 is 12.7. The third kappa shape index (κ3) is 2.64. The zero-order chi connectivity index (χ0) is 9.28. The second-order valence-electron chi connectivity index (χ2n) is 4.18. The van der Waals surface area contributed by atoms with Crippen LogP contribution in [0.15, 0.2) is 0 Å². The first-order chi connectivity index (χ1) is 4.73. The highest BCUT2D eigenvalue weighted by Gasteiger charge is 2.45. The molecule has 3 heteroatoms. The highest BCUT2D eigenvalue weighted by atomic mass is 35.7. The zero-order valence-electron chi connectivity index (χ0n) is 8.04. The Morgan fingerprint density at radius 1 is 1.27 bits per heavy atom. The van der Waals surface area contributed by atoms with Crippen molar-refractivity contribution >= 4 is 28.9 Å². The largest absolute Gasteiger partial charge is 0.259 e. The smallest absolute Gasteiger partial charge is 0.145 e. The molecule has 0 N–H and O–H groups in total. The van der Waals surface area contributed by atoms with Crippen LogP contribution < -0.4 is 0 Å². The molecular formula is C8H18Cl2Si. The van der Waals surface area contributed by atoms with Gasteiger partial charge in [-0.2, -0.15) is 0 Å². The van der Waals surface area contributed by atoms with Gasteiger partial charge in [-0.15, -0.1) is 22.2 Å². The molecule has 0 fully saturated rings. The maximum absolute atomic E-state index is 6.37. The maximum Gasteiger partial charge on any atom is 0.259 e. The van der Waals surface area contributed by atoms with E-state index in [0.717, 1.165) is 6.42 Å². The van der Waals surface area contributed by atoms with Crippen LogP contribution in [0.25, 0.3) is 0 Å². The summed E-state index contributed by atoms with van der Waals surface area (Å²) in [5, 5.41) is 0.0888. The molecule has 0 aliphatic carbocycles. The van der Waals surface area contributed by atoms with E-state index in [2.05, 4.69) is 34.6 Å². The first kappa shape index (κ1) is 11.8. The quantitative estimate of drug-likeness (QED) is 0.467. The molecule has 1 atom stereocenters. The lowest BCUT2D eigenvalue weighted by atomic mass is 10.2. The van der Waals surface area contributed by atoms with Gasteiger partial charge in [-0.1, -0.05) is 41.0 Å². The van der Waals surface area contributed by atoms with Crippen molar-refractivity contribution in [3.8, 4) is 0 Å². The normalized spacial score (nSPS) is 16.6. The summed E-state index contributed by atoms with van der Waals surface area (Å²) in [5.41, 5.74) is 0.478. The third-order valence-corrected chi connectivity index (χ3v) is 11.5. The molecule has 0 saturated carbocycles. The molecule has 0 nitrogen and oxygen atoms in total. The molecular weight excluding hydrogens is 195 g/mol. The van der Waals surface area contributed by atoms with Crippen LogP contribution in [0.5, 0.6) is 0 Å². The molecule has 0 saturated heterocycles. The molecule has 0 heterocycles. The summed E-state index contributed by atoms with van der Waals surface area (Å²) < 4.78 is 0. The van der Waals surface area contributed by atoms with Crippen LogP contribution in [-0.4, -0.2) is 6.69 Å². The summed E-state index contributed by atoms with van der Waals surface area (Å²) in [5.74, 6) is 0. The summed E-state index contributed by atoms with van der Waals surface area (Å²) in [6.45, 7) is 8.62. The van der Waals surface area contributed by atoms with Crippen molar-refractivity contribution in [1.29, 1.82) is 0 Å². The molecule has 11 heavy (non-hydrogen) atoms. The molecule has 0 aliphatic rings. The highest BCUT2D eigenvalue weighted by molar-refractivity contribution is 7.47. The van der Waals surface area contributed by atoms with Gasteiger partial charge in [0, 0.05) is 0 Å². The van der Waals surface area contributed by atoms with Gasteiger partial charge in [0.1, 0.15) is 0 Å². The number of halogens is 2. The Hall–Kier alpha value is 0.797. The van der Waals surface area contributed by atoms with Gasteiger partial charge in [0.05, 0.1) is 0 Å². The van der Waals surface area contributed by atoms with E-state index in [1.807, 2.05) is 0 Å². The maximum atomic E-state index is 6.37. The van der Waals surface area contributed by atoms with Crippen molar-refractivity contribution in [2.75, 3.05) is 0 Å². The first-order valence-corrected chi connectivity index (χ1v) is 8.21. The minimum absolute atomic E-state index is 0.0888. The van der Waals surface area contributed by atoms with E-state index in [1.54, 1.807) is 0 Å². The van der Waals surface area contributed by atoms with E-state index in [9.17, 15) is 0 Å². The average Bonchev–Trinajstić information content (AvgIpc) is 1.83. The molecule has 1 unspecified atom stereocenters. The summed E-state index contributed by atoms with van der Waals surface area (Å²) in [7, 11) is 0. The van der Waals surface area contributed by atoms with Gasteiger partial charge >= 0.3 is 0 Å². The Bertz CT molecular complexity index is 127. The predicted molar refractivity (Wildman–Crippen MR) is 56.9 cm³/mol. The van der Waals surface area contributed by atoms with Crippen LogP contribution in [0.4, 0.5) is 0 Å². The van der Waals surface area contributed by atoms with Crippen LogP contribution >= 0.6 is 22.2 Å². The number of rotatable bonds is 2. The van der Waals surface area contributed by atoms with Crippen molar-refractivity contribution in [3.63, 3.8) is 0 Å². The molecule has 0 bridgehead atoms. The summed E-state index contributed by atoms with van der Waals surface area (Å²) in [4.78, 5) is 0. The monoisotopic (exact) mass is 212 g/mol. The van der Waals surface area contributed by atoms with Gasteiger partial charge in [-0.25, -0.2) is 0 Å². The first-order valence-electron chi connectivity index (χ1n) is 4.11. The molecule has 0 spiro atoms. The molecule has 0 aromatic rings. The molecule has 0 aromatic carbocycles. The van der Waals surface area contributed by atoms with Crippen LogP contribution in [0, 0.1) is 0 Å². The summed E-state index contributed by atoms with van der Waals surface area (Å²) in [6.07, 6.45) is 1.08. The Balaban J connectivity index is 4.45. The van der Waals surface area contributed by atoms with E-state index >= 15 is 0 Å². The molecule has 0 radical (unpaired) electrons. The zero-order valence-corrected chi connectivity index (χ0v) is 10.6. The third-order valence-electron chi connectivity index (χ3n) is 2.23. The van der Waals surface area contributed by atoms with E-state index < -0.39 is 6.69 Å². The van der Waals surface area contributed by atoms with Gasteiger partial charge in [0.25, 0.3) is 6.69 Å². The van der Waals surface area contributed by atoms with Crippen LogP contribution in [-0.2, 0) is 0 Å². The Kier molecular flexibility index (Phi) is 3.94. The Labute approximate surface area is 80.7 Å². The van der Waals surface area contributed by atoms with Crippen molar-refractivity contribution < 1.29 is 0 Å². The summed E-state index contributed by atoms with van der Waals surface area (Å²) in [6, 6.07) is 0. The van der Waals surface area contributed by atoms with Gasteiger partial charge < -0.3 is 0 Å². The predicted octanol–water partition coefficient (Wildman–Crippen LogP) is 4.51. The molecule has 0 rings (SSSR count). The molecule has 68 valence electrons. The fourth-order valence-corrected chi connectivity index (χ4v) is 3.91. The van der Waals surface area contributed by atoms with Crippen molar-refractivity contribution in [2.45, 2.75) is 51.6 Å². The fraction of sp³-hybridized carbons (Fsp3) is 1.00. The van der Waals surface area contributed by atoms with Crippen molar-refractivity contribution in [2.24, 2.45) is 0 Å². The lowest BCUT2D eigenvalue weighted by molar-refractivity contribution is 0.704. The van der Waals surface area contributed by atoms with Crippen molar-refractivity contribution in [1.82, 2.24) is 0 Å². The standard InChI is InChI=1S/C8H18Cl2Si/c1-6-7(2)11(9,10)8(3,4)5/h7H,6H2,1-5H3. The van der Waals surface area contributed by atoms with Gasteiger partial charge in [0.15, 0.2) is 0 Å². The number of hydrogen-bond acceptors (Lipinski definition) is 0. The average molecular weight is 213 g/mol. The highest BCUT2D eigenvalue weighted by Crippen LogP contribution is 2.49. The molecule has 0 aliphatic heterocycles. The van der Waals surface area contributed by atoms with E-state index in [0.29, 0.717) is 5.54 Å². The van der Waals surface area contributed by atoms with Crippen LogP contribution in [0.1, 0.15) is 41.0 Å². The Morgan fingerprint density at radius 3 is 1.73 bits per heavy atom. The van der Waals surface area contributed by atoms with E-state index in [4.69, 9.17) is 22.2 Å². The fourth-order valence-electron chi connectivity index (χ4n) is 0.996. The Morgan fingerprint density at radius 2 is 1.64 bits per heavy atom. The minimum atomic E-state index is -2.06. The topological polar surface area (TPSA) is 0 Å². The molecule has 0 amide bonds. The van der Waals surface area contributed by atoms with Crippen molar-refractivity contribution in [3.05, 3.63) is 0 Å². The lowest BCUT2D eigenvalue weighted by Gasteiger charge is -2.35. The second kappa shape index (κ2) is 3.67. The van der Waals surface area contributed by atoms with Gasteiger partial charge in [-0.3, -0.25) is 0 Å². The molecule has 0 aromatic heterocycles. The van der Waals surface area contributed by atoms with Gasteiger partial charge in [0.2, 0.25) is 0 Å². The van der Waals surface area contributed by atoms with Crippen LogP contribution in [0.3, 0.4) is 0 Å². The number of hydrogen-bond donors (Lipinski definition) is 0. The van der Waals surface area contributed by atoms with Crippen LogP contribution in [0.2, 0.25) is 10.6 Å². The van der Waals surface area contributed by atoms with E-state index in [-0.39, 0.29) is 5.04 Å². The minimum Gasteiger partial charge on any atom is -0.145 e. The SMILES string of the molecule is CCC(C)[Si](Cl)(Cl)C(C)(C)C. The lowest BCUT2D eigenvalue weighted by Crippen LogP contribution is -2.36. The van der Waals surface area contributed by atoms with E-state index in [1.165, 1.54) is 0 Å². The van der Waals surface area contributed by atoms with Gasteiger partial charge in [-0.05, 0) is 10.6 Å². The second-order valence-corrected chi connectivity index (χ2v) is 12.1.